The Bertz CT molecular complexity index is 740. The monoisotopic (exact) mass is 376 g/mol. The molecule has 0 saturated carbocycles. The highest BCUT2D eigenvalue weighted by atomic mass is 35.5. The minimum atomic E-state index is 0. The molecule has 3 rings (SSSR count). The molecule has 1 aliphatic rings. The van der Waals surface area contributed by atoms with Crippen molar-refractivity contribution in [2.75, 3.05) is 20.2 Å². The lowest BCUT2D eigenvalue weighted by atomic mass is 10.0. The van der Waals surface area contributed by atoms with Gasteiger partial charge in [0.05, 0.1) is 7.11 Å². The summed E-state index contributed by atoms with van der Waals surface area (Å²) in [7, 11) is 1.69. The van der Waals surface area contributed by atoms with E-state index in [1.54, 1.807) is 7.11 Å². The Balaban J connectivity index is 0.00000243. The molecule has 1 fully saturated rings. The van der Waals surface area contributed by atoms with E-state index in [0.717, 1.165) is 38.2 Å². The number of likely N-dealkylation sites (tertiary alicyclic amines) is 1. The number of amides is 1. The number of hydrogen-bond donors (Lipinski definition) is 1. The van der Waals surface area contributed by atoms with Gasteiger partial charge in [0, 0.05) is 31.6 Å². The zero-order chi connectivity index (χ0) is 17.8. The first-order valence-corrected chi connectivity index (χ1v) is 9.15. The standard InChI is InChI=1S/C21H28N2O2.ClH/c1-15(2)21(24)23-10-8-19(9-11-23)22-14-16-4-5-18-13-20(25-3)7-6-17(18)12-16;/h4-7,12-13,15,19,22H,8-11,14H2,1-3H3;1H. The van der Waals surface area contributed by atoms with Gasteiger partial charge in [-0.2, -0.15) is 0 Å². The van der Waals surface area contributed by atoms with Crippen LogP contribution in [0.15, 0.2) is 36.4 Å². The van der Waals surface area contributed by atoms with E-state index in [1.807, 2.05) is 24.8 Å². The number of fused-ring (bicyclic) bond motifs is 1. The molecule has 1 saturated heterocycles. The molecule has 2 aromatic carbocycles. The van der Waals surface area contributed by atoms with Gasteiger partial charge in [0.2, 0.25) is 5.91 Å². The molecule has 4 nitrogen and oxygen atoms in total. The third kappa shape index (κ3) is 4.89. The molecule has 0 spiro atoms. The van der Waals surface area contributed by atoms with Gasteiger partial charge in [0.15, 0.2) is 0 Å². The van der Waals surface area contributed by atoms with Gasteiger partial charge in [-0.1, -0.05) is 32.0 Å². The number of carbonyl (C=O) groups is 1. The second kappa shape index (κ2) is 9.24. The predicted molar refractivity (Wildman–Crippen MR) is 109 cm³/mol. The van der Waals surface area contributed by atoms with Crippen molar-refractivity contribution in [1.29, 1.82) is 0 Å². The van der Waals surface area contributed by atoms with Crippen LogP contribution in [-0.4, -0.2) is 37.0 Å². The van der Waals surface area contributed by atoms with Crippen molar-refractivity contribution >= 4 is 29.1 Å². The summed E-state index contributed by atoms with van der Waals surface area (Å²) in [4.78, 5) is 14.1. The quantitative estimate of drug-likeness (QED) is 0.857. The van der Waals surface area contributed by atoms with Crippen molar-refractivity contribution in [3.05, 3.63) is 42.0 Å². The summed E-state index contributed by atoms with van der Waals surface area (Å²) >= 11 is 0. The molecule has 1 amide bonds. The van der Waals surface area contributed by atoms with Crippen molar-refractivity contribution in [3.8, 4) is 5.75 Å². The summed E-state index contributed by atoms with van der Waals surface area (Å²) in [5.74, 6) is 1.27. The summed E-state index contributed by atoms with van der Waals surface area (Å²) in [6, 6.07) is 13.2. The molecule has 1 N–H and O–H groups in total. The van der Waals surface area contributed by atoms with Gasteiger partial charge in [-0.05, 0) is 47.4 Å². The molecule has 0 unspecified atom stereocenters. The third-order valence-corrected chi connectivity index (χ3v) is 5.01. The molecule has 26 heavy (non-hydrogen) atoms. The molecule has 0 aliphatic carbocycles. The number of halogens is 1. The number of nitrogens with one attached hydrogen (secondary N) is 1. The van der Waals surface area contributed by atoms with E-state index in [2.05, 4.69) is 35.6 Å². The van der Waals surface area contributed by atoms with E-state index >= 15 is 0 Å². The Hall–Kier alpha value is -1.78. The van der Waals surface area contributed by atoms with Crippen LogP contribution in [0.2, 0.25) is 0 Å². The average molecular weight is 377 g/mol. The van der Waals surface area contributed by atoms with Crippen LogP contribution >= 0.6 is 12.4 Å². The first-order valence-electron chi connectivity index (χ1n) is 9.15. The summed E-state index contributed by atoms with van der Waals surface area (Å²) < 4.78 is 5.28. The fourth-order valence-electron chi connectivity index (χ4n) is 3.44. The summed E-state index contributed by atoms with van der Waals surface area (Å²) in [5, 5.41) is 6.08. The smallest absolute Gasteiger partial charge is 0.225 e. The normalized spacial score (nSPS) is 15.2. The fraction of sp³-hybridized carbons (Fsp3) is 0.476. The number of rotatable bonds is 5. The number of carbonyl (C=O) groups excluding carboxylic acids is 1. The number of piperidine rings is 1. The van der Waals surface area contributed by atoms with Gasteiger partial charge in [0.1, 0.15) is 5.75 Å². The van der Waals surface area contributed by atoms with Gasteiger partial charge in [-0.25, -0.2) is 0 Å². The number of ether oxygens (including phenoxy) is 1. The maximum Gasteiger partial charge on any atom is 0.225 e. The fourth-order valence-corrected chi connectivity index (χ4v) is 3.44. The topological polar surface area (TPSA) is 41.6 Å². The highest BCUT2D eigenvalue weighted by Gasteiger charge is 2.23. The lowest BCUT2D eigenvalue weighted by molar-refractivity contribution is -0.135. The van der Waals surface area contributed by atoms with Crippen LogP contribution < -0.4 is 10.1 Å². The summed E-state index contributed by atoms with van der Waals surface area (Å²) in [5.41, 5.74) is 1.29. The molecule has 0 aromatic heterocycles. The van der Waals surface area contributed by atoms with E-state index in [9.17, 15) is 4.79 Å². The van der Waals surface area contributed by atoms with Crippen LogP contribution in [0.25, 0.3) is 10.8 Å². The van der Waals surface area contributed by atoms with Crippen molar-refractivity contribution in [1.82, 2.24) is 10.2 Å². The van der Waals surface area contributed by atoms with Crippen LogP contribution in [0.5, 0.6) is 5.75 Å². The molecular weight excluding hydrogens is 348 g/mol. The number of methoxy groups -OCH3 is 1. The molecule has 142 valence electrons. The maximum atomic E-state index is 12.1. The second-order valence-electron chi connectivity index (χ2n) is 7.18. The minimum absolute atomic E-state index is 0. The highest BCUT2D eigenvalue weighted by molar-refractivity contribution is 5.85. The molecule has 0 bridgehead atoms. The second-order valence-corrected chi connectivity index (χ2v) is 7.18. The Morgan fingerprint density at radius 2 is 1.81 bits per heavy atom. The molecule has 0 atom stereocenters. The molecule has 1 heterocycles. The zero-order valence-corrected chi connectivity index (χ0v) is 16.6. The van der Waals surface area contributed by atoms with Gasteiger partial charge >= 0.3 is 0 Å². The Morgan fingerprint density at radius 3 is 2.46 bits per heavy atom. The van der Waals surface area contributed by atoms with E-state index in [4.69, 9.17) is 4.74 Å². The van der Waals surface area contributed by atoms with E-state index in [0.29, 0.717) is 6.04 Å². The first kappa shape index (κ1) is 20.5. The van der Waals surface area contributed by atoms with Crippen molar-refractivity contribution in [2.24, 2.45) is 5.92 Å². The van der Waals surface area contributed by atoms with Crippen LogP contribution in [0.1, 0.15) is 32.3 Å². The highest BCUT2D eigenvalue weighted by Crippen LogP contribution is 2.22. The van der Waals surface area contributed by atoms with Crippen LogP contribution in [-0.2, 0) is 11.3 Å². The van der Waals surface area contributed by atoms with Crippen molar-refractivity contribution in [3.63, 3.8) is 0 Å². The van der Waals surface area contributed by atoms with Crippen LogP contribution in [0.3, 0.4) is 0 Å². The molecule has 5 heteroatoms. The zero-order valence-electron chi connectivity index (χ0n) is 15.8. The Morgan fingerprint density at radius 1 is 1.15 bits per heavy atom. The minimum Gasteiger partial charge on any atom is -0.497 e. The van der Waals surface area contributed by atoms with E-state index in [1.165, 1.54) is 16.3 Å². The Kier molecular flexibility index (Phi) is 7.30. The molecular formula is C21H29ClN2O2. The lowest BCUT2D eigenvalue weighted by Crippen LogP contribution is -2.45. The summed E-state index contributed by atoms with van der Waals surface area (Å²) in [6.07, 6.45) is 2.06. The van der Waals surface area contributed by atoms with Gasteiger partial charge < -0.3 is 15.0 Å². The number of hydrogen-bond acceptors (Lipinski definition) is 3. The maximum absolute atomic E-state index is 12.1. The Labute approximate surface area is 162 Å². The van der Waals surface area contributed by atoms with Crippen molar-refractivity contribution < 1.29 is 9.53 Å². The average Bonchev–Trinajstić information content (AvgIpc) is 2.65. The first-order chi connectivity index (χ1) is 12.1. The van der Waals surface area contributed by atoms with Gasteiger partial charge in [0.25, 0.3) is 0 Å². The van der Waals surface area contributed by atoms with Gasteiger partial charge in [-0.3, -0.25) is 4.79 Å². The molecule has 1 aliphatic heterocycles. The third-order valence-electron chi connectivity index (χ3n) is 5.01. The predicted octanol–water partition coefficient (Wildman–Crippen LogP) is 4.01. The number of benzene rings is 2. The number of nitrogens with zero attached hydrogens (tertiary/aromatic N) is 1. The molecule has 2 aromatic rings. The largest absolute Gasteiger partial charge is 0.497 e. The lowest BCUT2D eigenvalue weighted by Gasteiger charge is -2.33. The van der Waals surface area contributed by atoms with Crippen LogP contribution in [0, 0.1) is 5.92 Å². The van der Waals surface area contributed by atoms with E-state index in [-0.39, 0.29) is 24.2 Å². The summed E-state index contributed by atoms with van der Waals surface area (Å²) in [6.45, 7) is 6.55. The molecule has 0 radical (unpaired) electrons. The SMILES string of the molecule is COc1ccc2cc(CNC3CCN(C(=O)C(C)C)CC3)ccc2c1.Cl. The van der Waals surface area contributed by atoms with Gasteiger partial charge in [-0.15, -0.1) is 12.4 Å². The van der Waals surface area contributed by atoms with Crippen LogP contribution in [0.4, 0.5) is 0 Å². The van der Waals surface area contributed by atoms with Crippen molar-refractivity contribution in [2.45, 2.75) is 39.3 Å². The van der Waals surface area contributed by atoms with E-state index < -0.39 is 0 Å².